The van der Waals surface area contributed by atoms with E-state index in [2.05, 4.69) is 9.88 Å². The van der Waals surface area contributed by atoms with Crippen molar-refractivity contribution in [3.05, 3.63) is 53.6 Å². The summed E-state index contributed by atoms with van der Waals surface area (Å²) in [5, 5.41) is 14.1. The summed E-state index contributed by atoms with van der Waals surface area (Å²) < 4.78 is 17.5. The van der Waals surface area contributed by atoms with Crippen LogP contribution in [0, 0.1) is 0 Å². The molecular weight excluding hydrogens is 445 g/mol. The van der Waals surface area contributed by atoms with Crippen molar-refractivity contribution < 1.29 is 19.1 Å². The highest BCUT2D eigenvalue weighted by atomic mass is 19.1. The third-order valence-corrected chi connectivity index (χ3v) is 7.42. The summed E-state index contributed by atoms with van der Waals surface area (Å²) in [4.78, 5) is 26.7. The van der Waals surface area contributed by atoms with Gasteiger partial charge in [0.1, 0.15) is 6.17 Å². The number of nitrogens with zero attached hydrogens (tertiary/aromatic N) is 2. The number of hydrogen-bond acceptors (Lipinski definition) is 4. The van der Waals surface area contributed by atoms with Crippen molar-refractivity contribution in [1.82, 2.24) is 9.47 Å². The second-order valence-electron chi connectivity index (χ2n) is 10.1. The maximum absolute atomic E-state index is 15.4. The zero-order valence-electron chi connectivity index (χ0n) is 20.3. The lowest BCUT2D eigenvalue weighted by Gasteiger charge is -2.30. The van der Waals surface area contributed by atoms with Gasteiger partial charge in [-0.1, -0.05) is 37.1 Å². The zero-order valence-corrected chi connectivity index (χ0v) is 20.3. The van der Waals surface area contributed by atoms with Gasteiger partial charge in [-0.2, -0.15) is 0 Å². The van der Waals surface area contributed by atoms with E-state index in [-0.39, 0.29) is 23.3 Å². The Hall–Kier alpha value is -3.19. The first-order valence-electron chi connectivity index (χ1n) is 12.4. The Bertz CT molecular complexity index is 1280. The van der Waals surface area contributed by atoms with Gasteiger partial charge in [0.15, 0.2) is 5.78 Å². The van der Waals surface area contributed by atoms with E-state index >= 15 is 4.39 Å². The van der Waals surface area contributed by atoms with Crippen molar-refractivity contribution >= 4 is 28.3 Å². The topological polar surface area (TPSA) is 74.6 Å². The number of hydrogen-bond donors (Lipinski definition) is 2. The molecule has 2 aromatic carbocycles. The molecule has 1 saturated carbocycles. The Morgan fingerprint density at radius 3 is 2.63 bits per heavy atom. The summed E-state index contributed by atoms with van der Waals surface area (Å²) in [5.41, 5.74) is 4.69. The van der Waals surface area contributed by atoms with Crippen molar-refractivity contribution in [2.75, 3.05) is 26.0 Å². The van der Waals surface area contributed by atoms with Crippen molar-refractivity contribution in [2.24, 2.45) is 0 Å². The lowest BCUT2D eigenvalue weighted by Crippen LogP contribution is -2.38. The van der Waals surface area contributed by atoms with Gasteiger partial charge in [0.05, 0.1) is 23.8 Å². The van der Waals surface area contributed by atoms with Crippen molar-refractivity contribution in [1.29, 1.82) is 0 Å². The molecule has 0 bridgehead atoms. The molecule has 6 nitrogen and oxygen atoms in total. The lowest BCUT2D eigenvalue weighted by atomic mass is 9.80. The number of fused-ring (bicyclic) bond motifs is 5. The van der Waals surface area contributed by atoms with Gasteiger partial charge in [0.25, 0.3) is 0 Å². The second kappa shape index (κ2) is 9.46. The summed E-state index contributed by atoms with van der Waals surface area (Å²) in [5.74, 6) is -1.12. The predicted molar refractivity (Wildman–Crippen MR) is 136 cm³/mol. The molecule has 2 aliphatic rings. The van der Waals surface area contributed by atoms with Crippen molar-refractivity contribution in [3.8, 4) is 11.3 Å². The number of para-hydroxylation sites is 1. The number of aromatic nitrogens is 1. The Morgan fingerprint density at radius 1 is 1.11 bits per heavy atom. The maximum Gasteiger partial charge on any atom is 0.335 e. The van der Waals surface area contributed by atoms with Crippen LogP contribution in [0.5, 0.6) is 0 Å². The number of carbonyl (C=O) groups excluding carboxylic acids is 1. The van der Waals surface area contributed by atoms with Crippen molar-refractivity contribution in [3.63, 3.8) is 0 Å². The van der Waals surface area contributed by atoms with E-state index in [0.29, 0.717) is 25.9 Å². The molecule has 2 unspecified atom stereocenters. The lowest BCUT2D eigenvalue weighted by molar-refractivity contribution is -0.120. The third kappa shape index (κ3) is 4.33. The number of aryl methyl sites for hydroxylation is 1. The van der Waals surface area contributed by atoms with Crippen LogP contribution in [0.15, 0.2) is 42.5 Å². The van der Waals surface area contributed by atoms with Crippen LogP contribution >= 0.6 is 0 Å². The van der Waals surface area contributed by atoms with Gasteiger partial charge in [-0.15, -0.1) is 0 Å². The normalized spacial score (nSPS) is 22.1. The molecule has 5 rings (SSSR count). The van der Waals surface area contributed by atoms with Crippen LogP contribution in [0.25, 0.3) is 22.2 Å². The number of halogens is 1. The number of benzene rings is 2. The summed E-state index contributed by atoms with van der Waals surface area (Å²) in [6.07, 6.45) is 2.81. The molecule has 184 valence electrons. The van der Waals surface area contributed by atoms with E-state index in [9.17, 15) is 14.7 Å². The minimum atomic E-state index is -0.989. The van der Waals surface area contributed by atoms with Crippen LogP contribution in [0.1, 0.15) is 53.9 Å². The average Bonchev–Trinajstić information content (AvgIpc) is 3.12. The molecule has 1 aliphatic heterocycles. The number of nitrogens with one attached hydrogen (secondary N) is 1. The second-order valence-corrected chi connectivity index (χ2v) is 10.1. The first-order chi connectivity index (χ1) is 16.8. The zero-order chi connectivity index (χ0) is 24.7. The first kappa shape index (κ1) is 23.5. The summed E-state index contributed by atoms with van der Waals surface area (Å²) in [6, 6.07) is 12.7. The average molecular weight is 478 g/mol. The molecule has 1 aromatic heterocycles. The summed E-state index contributed by atoms with van der Waals surface area (Å²) >= 11 is 0. The van der Waals surface area contributed by atoms with E-state index in [1.165, 1.54) is 0 Å². The highest BCUT2D eigenvalue weighted by Gasteiger charge is 2.35. The van der Waals surface area contributed by atoms with E-state index in [1.54, 1.807) is 12.1 Å². The van der Waals surface area contributed by atoms with Crippen LogP contribution in [0.4, 0.5) is 10.1 Å². The molecule has 3 atom stereocenters. The van der Waals surface area contributed by atoms with Crippen LogP contribution < -0.4 is 5.32 Å². The molecule has 0 radical (unpaired) electrons. The number of aromatic carboxylic acids is 1. The standard InChI is InChI=1S/C28H32FN3O3/c1-31(2)16-25(33)23-13-14-32-24-15-17(28(34)35)11-12-20(24)26(18-7-3-5-9-21(18)29)27(32)19-8-4-6-10-22(19)30-23/h4,6,8,10-12,15,18,21,23,30H,3,5,7,9,13-14,16H2,1-2H3,(H,34,35)/t18?,21-,23?/m0/s1. The van der Waals surface area contributed by atoms with Crippen LogP contribution in [0.2, 0.25) is 0 Å². The van der Waals surface area contributed by atoms with Crippen molar-refractivity contribution in [2.45, 2.75) is 56.8 Å². The van der Waals surface area contributed by atoms with Gasteiger partial charge in [-0.05, 0) is 57.1 Å². The monoisotopic (exact) mass is 477 g/mol. The molecule has 2 heterocycles. The molecule has 0 saturated heterocycles. The number of ketones is 1. The fourth-order valence-electron chi connectivity index (χ4n) is 5.81. The number of Topliss-reactive ketones (excluding diaryl/α,β-unsaturated/α-hetero) is 1. The van der Waals surface area contributed by atoms with Crippen LogP contribution in [0.3, 0.4) is 0 Å². The van der Waals surface area contributed by atoms with E-state index in [4.69, 9.17) is 0 Å². The fraction of sp³-hybridized carbons (Fsp3) is 0.429. The van der Waals surface area contributed by atoms with E-state index in [1.807, 2.05) is 49.3 Å². The largest absolute Gasteiger partial charge is 0.478 e. The van der Waals surface area contributed by atoms with Gasteiger partial charge in [0, 0.05) is 34.6 Å². The van der Waals surface area contributed by atoms with Gasteiger partial charge in [0.2, 0.25) is 0 Å². The molecule has 0 spiro atoms. The quantitative estimate of drug-likeness (QED) is 0.521. The third-order valence-electron chi connectivity index (χ3n) is 7.42. The Kier molecular flexibility index (Phi) is 6.36. The Labute approximate surface area is 204 Å². The Balaban J connectivity index is 1.75. The number of likely N-dealkylation sites (N-methyl/N-ethyl adjacent to an activating group) is 1. The smallest absolute Gasteiger partial charge is 0.335 e. The molecule has 1 fully saturated rings. The fourth-order valence-corrected chi connectivity index (χ4v) is 5.81. The molecule has 1 aliphatic carbocycles. The minimum absolute atomic E-state index is 0.104. The van der Waals surface area contributed by atoms with Gasteiger partial charge in [-0.25, -0.2) is 9.18 Å². The van der Waals surface area contributed by atoms with E-state index in [0.717, 1.165) is 52.7 Å². The number of rotatable bonds is 5. The summed E-state index contributed by atoms with van der Waals surface area (Å²) in [7, 11) is 3.76. The number of carboxylic acid groups (broad SMARTS) is 1. The molecule has 2 N–H and O–H groups in total. The molecule has 35 heavy (non-hydrogen) atoms. The first-order valence-corrected chi connectivity index (χ1v) is 12.4. The van der Waals surface area contributed by atoms with Gasteiger partial charge >= 0.3 is 5.97 Å². The number of alkyl halides is 1. The van der Waals surface area contributed by atoms with Gasteiger partial charge in [-0.3, -0.25) is 4.79 Å². The molecule has 3 aromatic rings. The number of carbonyl (C=O) groups is 2. The Morgan fingerprint density at radius 2 is 1.89 bits per heavy atom. The molecular formula is C28H32FN3O3. The number of anilines is 1. The van der Waals surface area contributed by atoms with Crippen LogP contribution in [-0.4, -0.2) is 59.2 Å². The SMILES string of the molecule is CN(C)CC(=O)C1CCn2c(c(C3CCCC[C@@H]3F)c3ccc(C(=O)O)cc32)-c2ccccc2N1. The van der Waals surface area contributed by atoms with Crippen LogP contribution in [-0.2, 0) is 11.3 Å². The number of carboxylic acids is 1. The minimum Gasteiger partial charge on any atom is -0.478 e. The highest BCUT2D eigenvalue weighted by molar-refractivity contribution is 6.00. The molecule has 7 heteroatoms. The maximum atomic E-state index is 15.4. The van der Waals surface area contributed by atoms with E-state index < -0.39 is 12.1 Å². The van der Waals surface area contributed by atoms with Gasteiger partial charge < -0.3 is 19.9 Å². The highest BCUT2D eigenvalue weighted by Crippen LogP contribution is 2.47. The predicted octanol–water partition coefficient (Wildman–Crippen LogP) is 5.32. The summed E-state index contributed by atoms with van der Waals surface area (Å²) in [6.45, 7) is 0.864. The molecule has 0 amide bonds.